The van der Waals surface area contributed by atoms with E-state index in [0.717, 1.165) is 4.88 Å². The van der Waals surface area contributed by atoms with Crippen molar-refractivity contribution in [3.8, 4) is 0 Å². The number of aromatic nitrogens is 1. The van der Waals surface area contributed by atoms with Crippen LogP contribution in [0.15, 0.2) is 24.4 Å². The first kappa shape index (κ1) is 13.6. The third kappa shape index (κ3) is 3.15. The van der Waals surface area contributed by atoms with Gasteiger partial charge in [-0.25, -0.2) is 9.78 Å². The number of hydrogen-bond acceptors (Lipinski definition) is 5. The molecular formula is C12H12ClN3O2S. The van der Waals surface area contributed by atoms with Crippen LogP contribution in [-0.4, -0.2) is 23.1 Å². The summed E-state index contributed by atoms with van der Waals surface area (Å²) in [7, 11) is 1.78. The number of hydrogen-bond donors (Lipinski definition) is 2. The normalized spacial score (nSPS) is 10.4. The summed E-state index contributed by atoms with van der Waals surface area (Å²) in [6.45, 7) is 0.536. The van der Waals surface area contributed by atoms with Crippen LogP contribution in [0.1, 0.15) is 15.2 Å². The van der Waals surface area contributed by atoms with Crippen molar-refractivity contribution in [2.24, 2.45) is 0 Å². The Kier molecular flexibility index (Phi) is 3.92. The third-order valence-electron chi connectivity index (χ3n) is 2.50. The molecule has 2 aromatic rings. The van der Waals surface area contributed by atoms with E-state index in [-0.39, 0.29) is 5.56 Å². The summed E-state index contributed by atoms with van der Waals surface area (Å²) in [6.07, 6.45) is 1.44. The van der Waals surface area contributed by atoms with Crippen LogP contribution in [0.3, 0.4) is 0 Å². The number of halogens is 1. The third-order valence-corrected chi connectivity index (χ3v) is 3.72. The van der Waals surface area contributed by atoms with E-state index in [4.69, 9.17) is 22.4 Å². The van der Waals surface area contributed by atoms with Crippen LogP contribution < -0.4 is 10.6 Å². The molecule has 0 saturated heterocycles. The van der Waals surface area contributed by atoms with Gasteiger partial charge >= 0.3 is 5.97 Å². The molecule has 0 aliphatic carbocycles. The Bertz CT molecular complexity index is 615. The number of carbonyl (C=O) groups is 1. The summed E-state index contributed by atoms with van der Waals surface area (Å²) in [5.41, 5.74) is 5.98. The van der Waals surface area contributed by atoms with Crippen molar-refractivity contribution in [1.29, 1.82) is 0 Å². The summed E-state index contributed by atoms with van der Waals surface area (Å²) < 4.78 is 0.701. The number of anilines is 2. The fourth-order valence-electron chi connectivity index (χ4n) is 1.68. The molecule has 2 aromatic heterocycles. The van der Waals surface area contributed by atoms with E-state index in [0.29, 0.717) is 22.4 Å². The van der Waals surface area contributed by atoms with Crippen molar-refractivity contribution >= 4 is 40.4 Å². The second-order valence-corrected chi connectivity index (χ2v) is 5.81. The maximum absolute atomic E-state index is 11.2. The molecule has 0 fully saturated rings. The summed E-state index contributed by atoms with van der Waals surface area (Å²) in [5.74, 6) is -0.669. The summed E-state index contributed by atoms with van der Waals surface area (Å²) in [4.78, 5) is 18.1. The first-order valence-electron chi connectivity index (χ1n) is 5.41. The SMILES string of the molecule is CN(Cc1ccc(Cl)s1)c1ncc(N)cc1C(=O)O. The van der Waals surface area contributed by atoms with Crippen molar-refractivity contribution < 1.29 is 9.90 Å². The lowest BCUT2D eigenvalue weighted by molar-refractivity contribution is 0.0697. The van der Waals surface area contributed by atoms with E-state index in [2.05, 4.69) is 4.98 Å². The highest BCUT2D eigenvalue weighted by atomic mass is 35.5. The van der Waals surface area contributed by atoms with Gasteiger partial charge in [-0.2, -0.15) is 0 Å². The largest absolute Gasteiger partial charge is 0.478 e. The monoisotopic (exact) mass is 297 g/mol. The van der Waals surface area contributed by atoms with Crippen LogP contribution >= 0.6 is 22.9 Å². The molecule has 0 radical (unpaired) electrons. The number of nitrogens with two attached hydrogens (primary N) is 1. The number of carboxylic acids is 1. The Hall–Kier alpha value is -1.79. The van der Waals surface area contributed by atoms with Crippen molar-refractivity contribution in [3.05, 3.63) is 39.2 Å². The van der Waals surface area contributed by atoms with Crippen LogP contribution in [0.2, 0.25) is 4.34 Å². The Morgan fingerprint density at radius 3 is 2.89 bits per heavy atom. The lowest BCUT2D eigenvalue weighted by Crippen LogP contribution is -2.20. The first-order valence-corrected chi connectivity index (χ1v) is 6.61. The lowest BCUT2D eigenvalue weighted by atomic mass is 10.2. The smallest absolute Gasteiger partial charge is 0.339 e. The quantitative estimate of drug-likeness (QED) is 0.907. The van der Waals surface area contributed by atoms with Crippen LogP contribution in [0.5, 0.6) is 0 Å². The summed E-state index contributed by atoms with van der Waals surface area (Å²) >= 11 is 7.32. The van der Waals surface area contributed by atoms with Gasteiger partial charge in [0, 0.05) is 11.9 Å². The summed E-state index contributed by atoms with van der Waals surface area (Å²) in [5, 5.41) is 9.17. The van der Waals surface area contributed by atoms with Gasteiger partial charge in [-0.3, -0.25) is 0 Å². The Labute approximate surface area is 119 Å². The average molecular weight is 298 g/mol. The maximum atomic E-state index is 11.2. The molecule has 0 amide bonds. The molecule has 3 N–H and O–H groups in total. The van der Waals surface area contributed by atoms with E-state index in [1.165, 1.54) is 23.6 Å². The van der Waals surface area contributed by atoms with Gasteiger partial charge in [-0.15, -0.1) is 11.3 Å². The van der Waals surface area contributed by atoms with E-state index in [1.807, 2.05) is 12.1 Å². The molecule has 0 saturated carbocycles. The highest BCUT2D eigenvalue weighted by molar-refractivity contribution is 7.16. The molecule has 2 heterocycles. The van der Waals surface area contributed by atoms with Crippen molar-refractivity contribution in [1.82, 2.24) is 4.98 Å². The van der Waals surface area contributed by atoms with Crippen LogP contribution in [0, 0.1) is 0 Å². The number of carboxylic acid groups (broad SMARTS) is 1. The fraction of sp³-hybridized carbons (Fsp3) is 0.167. The zero-order valence-electron chi connectivity index (χ0n) is 10.1. The standard InChI is InChI=1S/C12H12ClN3O2S/c1-16(6-8-2-3-10(13)19-8)11-9(12(17)18)4-7(14)5-15-11/h2-5H,6,14H2,1H3,(H,17,18). The minimum Gasteiger partial charge on any atom is -0.478 e. The molecule has 5 nitrogen and oxygen atoms in total. The Morgan fingerprint density at radius 1 is 1.58 bits per heavy atom. The topological polar surface area (TPSA) is 79.5 Å². The Balaban J connectivity index is 2.28. The number of nitrogen functional groups attached to an aromatic ring is 1. The summed E-state index contributed by atoms with van der Waals surface area (Å²) in [6, 6.07) is 5.12. The number of aromatic carboxylic acids is 1. The molecule has 19 heavy (non-hydrogen) atoms. The molecule has 100 valence electrons. The second kappa shape index (κ2) is 5.46. The van der Waals surface area contributed by atoms with Gasteiger partial charge in [0.2, 0.25) is 0 Å². The molecule has 7 heteroatoms. The van der Waals surface area contributed by atoms with Crippen molar-refractivity contribution in [2.45, 2.75) is 6.54 Å². The van der Waals surface area contributed by atoms with E-state index < -0.39 is 5.97 Å². The molecule has 0 spiro atoms. The average Bonchev–Trinajstić information content (AvgIpc) is 2.74. The van der Waals surface area contributed by atoms with Crippen LogP contribution in [-0.2, 0) is 6.54 Å². The van der Waals surface area contributed by atoms with Gasteiger partial charge in [0.25, 0.3) is 0 Å². The van der Waals surface area contributed by atoms with E-state index in [9.17, 15) is 4.79 Å². The Morgan fingerprint density at radius 2 is 2.32 bits per heavy atom. The first-order chi connectivity index (χ1) is 8.97. The highest BCUT2D eigenvalue weighted by Crippen LogP contribution is 2.25. The van der Waals surface area contributed by atoms with Crippen molar-refractivity contribution in [2.75, 3.05) is 17.7 Å². The lowest BCUT2D eigenvalue weighted by Gasteiger charge is -2.19. The van der Waals surface area contributed by atoms with Gasteiger partial charge in [0.15, 0.2) is 0 Å². The molecule has 0 aliphatic rings. The van der Waals surface area contributed by atoms with Gasteiger partial charge in [0.05, 0.1) is 22.8 Å². The van der Waals surface area contributed by atoms with Crippen LogP contribution in [0.25, 0.3) is 0 Å². The molecule has 0 aliphatic heterocycles. The zero-order chi connectivity index (χ0) is 14.0. The molecule has 2 rings (SSSR count). The number of nitrogens with zero attached hydrogens (tertiary/aromatic N) is 2. The zero-order valence-corrected chi connectivity index (χ0v) is 11.7. The van der Waals surface area contributed by atoms with E-state index in [1.54, 1.807) is 11.9 Å². The number of rotatable bonds is 4. The predicted molar refractivity (Wildman–Crippen MR) is 77.0 cm³/mol. The van der Waals surface area contributed by atoms with Gasteiger partial charge < -0.3 is 15.7 Å². The maximum Gasteiger partial charge on any atom is 0.339 e. The molecule has 0 aromatic carbocycles. The molecule has 0 atom stereocenters. The van der Waals surface area contributed by atoms with Crippen LogP contribution in [0.4, 0.5) is 11.5 Å². The van der Waals surface area contributed by atoms with Gasteiger partial charge in [-0.1, -0.05) is 11.6 Å². The molecular weight excluding hydrogens is 286 g/mol. The number of pyridine rings is 1. The van der Waals surface area contributed by atoms with E-state index >= 15 is 0 Å². The predicted octanol–water partition coefficient (Wildman–Crippen LogP) is 2.71. The molecule has 0 bridgehead atoms. The minimum atomic E-state index is -1.05. The van der Waals surface area contributed by atoms with Crippen molar-refractivity contribution in [3.63, 3.8) is 0 Å². The molecule has 0 unspecified atom stereocenters. The van der Waals surface area contributed by atoms with Gasteiger partial charge in [0.1, 0.15) is 11.4 Å². The fourth-order valence-corrected chi connectivity index (χ4v) is 2.82. The minimum absolute atomic E-state index is 0.0881. The number of thiophene rings is 1. The van der Waals surface area contributed by atoms with Gasteiger partial charge in [-0.05, 0) is 18.2 Å². The second-order valence-electron chi connectivity index (χ2n) is 4.01. The highest BCUT2D eigenvalue weighted by Gasteiger charge is 2.16.